The van der Waals surface area contributed by atoms with E-state index in [-0.39, 0.29) is 41.0 Å². The molecule has 0 heterocycles. The Morgan fingerprint density at radius 2 is 1.74 bits per heavy atom. The maximum absolute atomic E-state index is 12.8. The molecular weight excluding hydrogens is 389 g/mol. The number of benzene rings is 2. The van der Waals surface area contributed by atoms with Gasteiger partial charge in [-0.1, -0.05) is 12.1 Å². The first-order valence-corrected chi connectivity index (χ1v) is 9.28. The highest BCUT2D eigenvalue weighted by Gasteiger charge is 2.15. The van der Waals surface area contributed by atoms with Gasteiger partial charge in [0.05, 0.1) is 11.0 Å². The molecule has 8 heteroatoms. The molecule has 2 aromatic rings. The van der Waals surface area contributed by atoms with Gasteiger partial charge in [-0.25, -0.2) is 4.39 Å². The summed E-state index contributed by atoms with van der Waals surface area (Å²) in [5, 5.41) is 5.18. The number of anilines is 2. The van der Waals surface area contributed by atoms with Gasteiger partial charge in [0.2, 0.25) is 11.8 Å². The molecule has 2 aromatic carbocycles. The molecule has 27 heavy (non-hydrogen) atoms. The molecule has 0 aromatic heterocycles. The van der Waals surface area contributed by atoms with Gasteiger partial charge in [0.15, 0.2) is 0 Å². The highest BCUT2D eigenvalue weighted by atomic mass is 35.5. The summed E-state index contributed by atoms with van der Waals surface area (Å²) in [5.74, 6) is -0.561. The van der Waals surface area contributed by atoms with E-state index in [2.05, 4.69) is 10.6 Å². The summed E-state index contributed by atoms with van der Waals surface area (Å²) < 4.78 is 12.8. The highest BCUT2D eigenvalue weighted by Crippen LogP contribution is 2.13. The van der Waals surface area contributed by atoms with E-state index in [4.69, 9.17) is 5.73 Å². The second-order valence-electron chi connectivity index (χ2n) is 5.79. The molecule has 0 aliphatic rings. The Kier molecular flexibility index (Phi) is 9.67. The van der Waals surface area contributed by atoms with Crippen molar-refractivity contribution in [2.45, 2.75) is 18.6 Å². The molecule has 146 valence electrons. The average Bonchev–Trinajstić information content (AvgIpc) is 2.63. The highest BCUT2D eigenvalue weighted by molar-refractivity contribution is 8.01. The topological polar surface area (TPSA) is 84.2 Å². The first kappa shape index (κ1) is 22.8. The van der Waals surface area contributed by atoms with Crippen molar-refractivity contribution in [2.24, 2.45) is 0 Å². The van der Waals surface area contributed by atoms with Gasteiger partial charge in [0.25, 0.3) is 0 Å². The molecular formula is C19H23ClFN3O2S. The van der Waals surface area contributed by atoms with E-state index in [1.54, 1.807) is 6.92 Å². The third kappa shape index (κ3) is 8.32. The summed E-state index contributed by atoms with van der Waals surface area (Å²) in [6.45, 7) is 2.28. The fourth-order valence-electron chi connectivity index (χ4n) is 2.16. The van der Waals surface area contributed by atoms with E-state index >= 15 is 0 Å². The first-order chi connectivity index (χ1) is 12.4. The Labute approximate surface area is 168 Å². The molecule has 5 nitrogen and oxygen atoms in total. The van der Waals surface area contributed by atoms with Crippen LogP contribution in [-0.4, -0.2) is 29.4 Å². The second kappa shape index (κ2) is 11.5. The second-order valence-corrected chi connectivity index (χ2v) is 7.12. The Morgan fingerprint density at radius 1 is 1.11 bits per heavy atom. The SMILES string of the molecule is CC(SCC(=O)Nc1ccc(F)cc1)C(=O)NCCc1ccc(N)cc1.Cl. The fourth-order valence-corrected chi connectivity index (χ4v) is 2.87. The van der Waals surface area contributed by atoms with Crippen molar-refractivity contribution < 1.29 is 14.0 Å². The van der Waals surface area contributed by atoms with E-state index in [0.29, 0.717) is 24.3 Å². The summed E-state index contributed by atoms with van der Waals surface area (Å²) in [4.78, 5) is 24.0. The lowest BCUT2D eigenvalue weighted by Gasteiger charge is -2.12. The number of nitrogen functional groups attached to an aromatic ring is 1. The van der Waals surface area contributed by atoms with Crippen LogP contribution in [0.5, 0.6) is 0 Å². The van der Waals surface area contributed by atoms with Crippen LogP contribution in [0.15, 0.2) is 48.5 Å². The standard InChI is InChI=1S/C19H22FN3O2S.ClH/c1-13(19(25)22-11-10-14-2-6-16(21)7-3-14)26-12-18(24)23-17-8-4-15(20)5-9-17;/h2-9,13H,10-12,21H2,1H3,(H,22,25)(H,23,24);1H. The summed E-state index contributed by atoms with van der Waals surface area (Å²) >= 11 is 1.25. The number of amides is 2. The van der Waals surface area contributed by atoms with Gasteiger partial charge in [-0.05, 0) is 55.3 Å². The minimum absolute atomic E-state index is 0. The van der Waals surface area contributed by atoms with Crippen LogP contribution in [-0.2, 0) is 16.0 Å². The van der Waals surface area contributed by atoms with Crippen molar-refractivity contribution >= 4 is 47.4 Å². The number of nitrogens with one attached hydrogen (secondary N) is 2. The third-order valence-electron chi connectivity index (χ3n) is 3.65. The minimum atomic E-state index is -0.360. The molecule has 0 aliphatic carbocycles. The van der Waals surface area contributed by atoms with Crippen LogP contribution in [0.2, 0.25) is 0 Å². The molecule has 1 unspecified atom stereocenters. The van der Waals surface area contributed by atoms with Crippen LogP contribution in [0, 0.1) is 5.82 Å². The quantitative estimate of drug-likeness (QED) is 0.582. The molecule has 0 fully saturated rings. The van der Waals surface area contributed by atoms with E-state index in [1.807, 2.05) is 24.3 Å². The molecule has 0 saturated heterocycles. The number of hydrogen-bond donors (Lipinski definition) is 3. The molecule has 2 amide bonds. The van der Waals surface area contributed by atoms with Gasteiger partial charge in [-0.15, -0.1) is 24.2 Å². The number of nitrogens with two attached hydrogens (primary N) is 1. The number of thioether (sulfide) groups is 1. The molecule has 0 aliphatic heterocycles. The summed E-state index contributed by atoms with van der Waals surface area (Å²) in [5.41, 5.74) is 7.97. The first-order valence-electron chi connectivity index (χ1n) is 8.23. The normalized spacial score (nSPS) is 11.2. The Hall–Kier alpha value is -2.25. The van der Waals surface area contributed by atoms with E-state index in [9.17, 15) is 14.0 Å². The maximum atomic E-state index is 12.8. The summed E-state index contributed by atoms with van der Waals surface area (Å²) in [6, 6.07) is 13.1. The number of carbonyl (C=O) groups excluding carboxylic acids is 2. The van der Waals surface area contributed by atoms with Crippen LogP contribution in [0.1, 0.15) is 12.5 Å². The summed E-state index contributed by atoms with van der Waals surface area (Å²) in [6.07, 6.45) is 0.717. The van der Waals surface area contributed by atoms with Crippen molar-refractivity contribution in [1.29, 1.82) is 0 Å². The molecule has 0 spiro atoms. The predicted molar refractivity (Wildman–Crippen MR) is 112 cm³/mol. The monoisotopic (exact) mass is 411 g/mol. The molecule has 4 N–H and O–H groups in total. The van der Waals surface area contributed by atoms with Gasteiger partial charge in [0.1, 0.15) is 5.82 Å². The third-order valence-corrected chi connectivity index (χ3v) is 4.80. The van der Waals surface area contributed by atoms with Crippen molar-refractivity contribution in [1.82, 2.24) is 5.32 Å². The zero-order chi connectivity index (χ0) is 18.9. The molecule has 0 saturated carbocycles. The molecule has 2 rings (SSSR count). The zero-order valence-corrected chi connectivity index (χ0v) is 16.5. The van der Waals surface area contributed by atoms with Gasteiger partial charge in [0, 0.05) is 17.9 Å². The minimum Gasteiger partial charge on any atom is -0.399 e. The van der Waals surface area contributed by atoms with Crippen LogP contribution >= 0.6 is 24.2 Å². The predicted octanol–water partition coefficient (Wildman–Crippen LogP) is 3.25. The Bertz CT molecular complexity index is 742. The lowest BCUT2D eigenvalue weighted by molar-refractivity contribution is -0.120. The number of hydrogen-bond acceptors (Lipinski definition) is 4. The average molecular weight is 412 g/mol. The Balaban J connectivity index is 0.00000364. The van der Waals surface area contributed by atoms with E-state index < -0.39 is 0 Å². The van der Waals surface area contributed by atoms with Crippen LogP contribution in [0.4, 0.5) is 15.8 Å². The molecule has 0 radical (unpaired) electrons. The maximum Gasteiger partial charge on any atom is 0.234 e. The Morgan fingerprint density at radius 3 is 2.37 bits per heavy atom. The number of rotatable bonds is 8. The van der Waals surface area contributed by atoms with Crippen molar-refractivity contribution in [3.8, 4) is 0 Å². The van der Waals surface area contributed by atoms with Gasteiger partial charge in [-0.3, -0.25) is 9.59 Å². The zero-order valence-electron chi connectivity index (χ0n) is 14.9. The number of carbonyl (C=O) groups is 2. The van der Waals surface area contributed by atoms with Crippen molar-refractivity contribution in [2.75, 3.05) is 23.3 Å². The van der Waals surface area contributed by atoms with E-state index in [0.717, 1.165) is 5.56 Å². The van der Waals surface area contributed by atoms with Crippen LogP contribution < -0.4 is 16.4 Å². The van der Waals surface area contributed by atoms with Crippen LogP contribution in [0.25, 0.3) is 0 Å². The molecule has 0 bridgehead atoms. The molecule has 1 atom stereocenters. The van der Waals surface area contributed by atoms with Crippen LogP contribution in [0.3, 0.4) is 0 Å². The smallest absolute Gasteiger partial charge is 0.234 e. The van der Waals surface area contributed by atoms with Crippen molar-refractivity contribution in [3.63, 3.8) is 0 Å². The van der Waals surface area contributed by atoms with Gasteiger partial charge < -0.3 is 16.4 Å². The lowest BCUT2D eigenvalue weighted by Crippen LogP contribution is -2.33. The fraction of sp³-hybridized carbons (Fsp3) is 0.263. The largest absolute Gasteiger partial charge is 0.399 e. The lowest BCUT2D eigenvalue weighted by atomic mass is 10.1. The van der Waals surface area contributed by atoms with Gasteiger partial charge >= 0.3 is 0 Å². The van der Waals surface area contributed by atoms with Crippen molar-refractivity contribution in [3.05, 3.63) is 59.9 Å². The van der Waals surface area contributed by atoms with Gasteiger partial charge in [-0.2, -0.15) is 0 Å². The summed E-state index contributed by atoms with van der Waals surface area (Å²) in [7, 11) is 0. The number of halogens is 2. The van der Waals surface area contributed by atoms with E-state index in [1.165, 1.54) is 36.0 Å².